The number of carbonyl (C=O) groups is 1. The van der Waals surface area contributed by atoms with Crippen LogP contribution < -0.4 is 11.5 Å². The lowest BCUT2D eigenvalue weighted by Gasteiger charge is -2.04. The van der Waals surface area contributed by atoms with Crippen molar-refractivity contribution in [1.82, 2.24) is 0 Å². The Labute approximate surface area is 81.2 Å². The van der Waals surface area contributed by atoms with Crippen LogP contribution in [0.1, 0.15) is 11.1 Å². The quantitative estimate of drug-likeness (QED) is 0.549. The third-order valence-corrected chi connectivity index (χ3v) is 1.81. The molecule has 0 aliphatic carbocycles. The summed E-state index contributed by atoms with van der Waals surface area (Å²) >= 11 is 0. The molecule has 1 rings (SSSR count). The summed E-state index contributed by atoms with van der Waals surface area (Å²) in [5.74, 6) is -0.980. The molecule has 3 nitrogen and oxygen atoms in total. The van der Waals surface area contributed by atoms with Crippen molar-refractivity contribution in [2.24, 2.45) is 5.73 Å². The number of benzene rings is 1. The van der Waals surface area contributed by atoms with Gasteiger partial charge in [-0.2, -0.15) is 0 Å². The van der Waals surface area contributed by atoms with Crippen molar-refractivity contribution >= 4 is 17.7 Å². The minimum absolute atomic E-state index is 0.388. The second kappa shape index (κ2) is 3.91. The Balaban J connectivity index is 3.14. The lowest BCUT2D eigenvalue weighted by Crippen LogP contribution is -2.05. The summed E-state index contributed by atoms with van der Waals surface area (Å²) in [6, 6.07) is 2.58. The summed E-state index contributed by atoms with van der Waals surface area (Å²) in [4.78, 5) is 10.5. The van der Waals surface area contributed by atoms with Crippen molar-refractivity contribution in [2.45, 2.75) is 6.92 Å². The fourth-order valence-corrected chi connectivity index (χ4v) is 1.09. The predicted molar refractivity (Wildman–Crippen MR) is 53.8 cm³/mol. The smallest absolute Gasteiger partial charge is 0.241 e. The summed E-state index contributed by atoms with van der Waals surface area (Å²) in [5.41, 5.74) is 12.1. The lowest BCUT2D eigenvalue weighted by atomic mass is 10.1. The summed E-state index contributed by atoms with van der Waals surface area (Å²) in [5, 5.41) is 0. The molecule has 0 saturated carbocycles. The molecule has 1 aromatic rings. The summed E-state index contributed by atoms with van der Waals surface area (Å²) < 4.78 is 12.9. The number of hydrogen-bond donors (Lipinski definition) is 2. The van der Waals surface area contributed by atoms with Crippen LogP contribution in [-0.4, -0.2) is 5.91 Å². The van der Waals surface area contributed by atoms with E-state index in [1.807, 2.05) is 0 Å². The third kappa shape index (κ3) is 2.32. The average molecular weight is 194 g/mol. The predicted octanol–water partition coefficient (Wildman–Crippen LogP) is 1.21. The second-order valence-electron chi connectivity index (χ2n) is 2.96. The molecule has 4 heteroatoms. The van der Waals surface area contributed by atoms with Crippen LogP contribution >= 0.6 is 0 Å². The summed E-state index contributed by atoms with van der Waals surface area (Å²) in [6.07, 6.45) is 2.54. The standard InChI is InChI=1S/C10H11FN2O/c1-6-4-8(11)5-7(10(6)13)2-3-9(12)14/h2-5H,13H2,1H3,(H2,12,14). The van der Waals surface area contributed by atoms with Gasteiger partial charge in [0.1, 0.15) is 5.82 Å². The number of rotatable bonds is 2. The van der Waals surface area contributed by atoms with E-state index in [0.717, 1.165) is 6.08 Å². The zero-order chi connectivity index (χ0) is 10.7. The van der Waals surface area contributed by atoms with Crippen LogP contribution in [0.2, 0.25) is 0 Å². The first-order valence-electron chi connectivity index (χ1n) is 4.04. The number of anilines is 1. The van der Waals surface area contributed by atoms with Crippen LogP contribution in [0.15, 0.2) is 18.2 Å². The van der Waals surface area contributed by atoms with Crippen LogP contribution in [0.5, 0.6) is 0 Å². The molecule has 0 atom stereocenters. The van der Waals surface area contributed by atoms with E-state index in [2.05, 4.69) is 0 Å². The Kier molecular flexibility index (Phi) is 2.86. The van der Waals surface area contributed by atoms with E-state index in [-0.39, 0.29) is 5.82 Å². The van der Waals surface area contributed by atoms with Gasteiger partial charge in [0.25, 0.3) is 0 Å². The van der Waals surface area contributed by atoms with Gasteiger partial charge in [-0.15, -0.1) is 0 Å². The number of amides is 1. The lowest BCUT2D eigenvalue weighted by molar-refractivity contribution is -0.113. The van der Waals surface area contributed by atoms with Crippen molar-refractivity contribution < 1.29 is 9.18 Å². The molecule has 0 aromatic heterocycles. The van der Waals surface area contributed by atoms with Gasteiger partial charge in [-0.05, 0) is 30.7 Å². The topological polar surface area (TPSA) is 69.1 Å². The number of nitrogen functional groups attached to an aromatic ring is 1. The Morgan fingerprint density at radius 3 is 2.71 bits per heavy atom. The molecule has 14 heavy (non-hydrogen) atoms. The highest BCUT2D eigenvalue weighted by Crippen LogP contribution is 2.19. The molecule has 4 N–H and O–H groups in total. The van der Waals surface area contributed by atoms with Gasteiger partial charge in [-0.1, -0.05) is 0 Å². The van der Waals surface area contributed by atoms with E-state index in [1.165, 1.54) is 18.2 Å². The molecule has 0 fully saturated rings. The van der Waals surface area contributed by atoms with E-state index in [4.69, 9.17) is 11.5 Å². The molecule has 0 aliphatic heterocycles. The van der Waals surface area contributed by atoms with Gasteiger partial charge in [0.2, 0.25) is 5.91 Å². The van der Waals surface area contributed by atoms with Crippen molar-refractivity contribution in [3.63, 3.8) is 0 Å². The van der Waals surface area contributed by atoms with Gasteiger partial charge in [0.15, 0.2) is 0 Å². The molecular formula is C10H11FN2O. The maximum Gasteiger partial charge on any atom is 0.241 e. The summed E-state index contributed by atoms with van der Waals surface area (Å²) in [6.45, 7) is 1.69. The normalized spacial score (nSPS) is 10.7. The molecule has 0 bridgehead atoms. The van der Waals surface area contributed by atoms with Crippen molar-refractivity contribution in [3.05, 3.63) is 35.2 Å². The number of hydrogen-bond acceptors (Lipinski definition) is 2. The monoisotopic (exact) mass is 194 g/mol. The van der Waals surface area contributed by atoms with Gasteiger partial charge < -0.3 is 11.5 Å². The van der Waals surface area contributed by atoms with Gasteiger partial charge in [-0.3, -0.25) is 4.79 Å². The zero-order valence-electron chi connectivity index (χ0n) is 7.75. The Morgan fingerprint density at radius 1 is 1.50 bits per heavy atom. The zero-order valence-corrected chi connectivity index (χ0v) is 7.75. The van der Waals surface area contributed by atoms with Gasteiger partial charge >= 0.3 is 0 Å². The SMILES string of the molecule is Cc1cc(F)cc(C=CC(N)=O)c1N. The van der Waals surface area contributed by atoms with Crippen LogP contribution in [0.25, 0.3) is 6.08 Å². The first kappa shape index (κ1) is 10.2. The molecule has 0 unspecified atom stereocenters. The van der Waals surface area contributed by atoms with E-state index in [0.29, 0.717) is 16.8 Å². The van der Waals surface area contributed by atoms with Gasteiger partial charge in [-0.25, -0.2) is 4.39 Å². The van der Waals surface area contributed by atoms with E-state index < -0.39 is 5.91 Å². The molecule has 0 saturated heterocycles. The molecule has 1 amide bonds. The first-order valence-corrected chi connectivity index (χ1v) is 4.04. The fourth-order valence-electron chi connectivity index (χ4n) is 1.09. The van der Waals surface area contributed by atoms with Crippen molar-refractivity contribution in [3.8, 4) is 0 Å². The number of carbonyl (C=O) groups excluding carboxylic acids is 1. The minimum atomic E-state index is -0.591. The molecule has 0 aliphatic rings. The van der Waals surface area contributed by atoms with Gasteiger partial charge in [0, 0.05) is 17.3 Å². The van der Waals surface area contributed by atoms with E-state index in [1.54, 1.807) is 6.92 Å². The molecule has 1 aromatic carbocycles. The Hall–Kier alpha value is -1.84. The molecule has 74 valence electrons. The first-order chi connectivity index (χ1) is 6.50. The molecule has 0 radical (unpaired) electrons. The van der Waals surface area contributed by atoms with Crippen LogP contribution in [0.3, 0.4) is 0 Å². The number of aryl methyl sites for hydroxylation is 1. The largest absolute Gasteiger partial charge is 0.398 e. The van der Waals surface area contributed by atoms with Crippen molar-refractivity contribution in [2.75, 3.05) is 5.73 Å². The maximum atomic E-state index is 12.9. The van der Waals surface area contributed by atoms with E-state index in [9.17, 15) is 9.18 Å². The van der Waals surface area contributed by atoms with E-state index >= 15 is 0 Å². The van der Waals surface area contributed by atoms with Gasteiger partial charge in [0.05, 0.1) is 0 Å². The average Bonchev–Trinajstić information content (AvgIpc) is 2.08. The summed E-state index contributed by atoms with van der Waals surface area (Å²) in [7, 11) is 0. The second-order valence-corrected chi connectivity index (χ2v) is 2.96. The van der Waals surface area contributed by atoms with Crippen LogP contribution in [0, 0.1) is 12.7 Å². The number of primary amides is 1. The third-order valence-electron chi connectivity index (χ3n) is 1.81. The highest BCUT2D eigenvalue weighted by Gasteiger charge is 2.02. The van der Waals surface area contributed by atoms with Crippen LogP contribution in [0.4, 0.5) is 10.1 Å². The fraction of sp³-hybridized carbons (Fsp3) is 0.100. The molecule has 0 heterocycles. The molecule has 0 spiro atoms. The Morgan fingerprint density at radius 2 is 2.14 bits per heavy atom. The molecular weight excluding hydrogens is 183 g/mol. The highest BCUT2D eigenvalue weighted by atomic mass is 19.1. The van der Waals surface area contributed by atoms with Crippen LogP contribution in [-0.2, 0) is 4.79 Å². The Bertz CT molecular complexity index is 399. The maximum absolute atomic E-state index is 12.9. The number of halogens is 1. The highest BCUT2D eigenvalue weighted by molar-refractivity contribution is 5.91. The minimum Gasteiger partial charge on any atom is -0.398 e. The van der Waals surface area contributed by atoms with Crippen molar-refractivity contribution in [1.29, 1.82) is 0 Å². The number of nitrogens with two attached hydrogens (primary N) is 2.